The van der Waals surface area contributed by atoms with Gasteiger partial charge in [-0.25, -0.2) is 0 Å². The molecule has 0 radical (unpaired) electrons. The Balaban J connectivity index is 0.00000140. The number of fused-ring (bicyclic) bond motifs is 1. The summed E-state index contributed by atoms with van der Waals surface area (Å²) in [6.45, 7) is 11.9. The van der Waals surface area contributed by atoms with Crippen LogP contribution >= 0.6 is 0 Å². The van der Waals surface area contributed by atoms with E-state index in [1.165, 1.54) is 22.3 Å². The molecule has 0 fully saturated rings. The molecule has 1 unspecified atom stereocenters. The Morgan fingerprint density at radius 2 is 1.39 bits per heavy atom. The van der Waals surface area contributed by atoms with Crippen molar-refractivity contribution >= 4 is 11.6 Å². The van der Waals surface area contributed by atoms with Crippen molar-refractivity contribution in [2.45, 2.75) is 38.2 Å². The third-order valence-corrected chi connectivity index (χ3v) is 11.8. The van der Waals surface area contributed by atoms with Crippen LogP contribution in [0, 0.1) is 5.41 Å². The summed E-state index contributed by atoms with van der Waals surface area (Å²) in [7, 11) is 0. The van der Waals surface area contributed by atoms with Gasteiger partial charge in [0.25, 0.3) is 0 Å². The normalized spacial score (nSPS) is 19.5. The van der Waals surface area contributed by atoms with E-state index in [9.17, 15) is 0 Å². The van der Waals surface area contributed by atoms with Gasteiger partial charge in [-0.05, 0) is 0 Å². The zero-order valence-corrected chi connectivity index (χ0v) is 21.1. The van der Waals surface area contributed by atoms with Gasteiger partial charge in [-0.2, -0.15) is 0 Å². The summed E-state index contributed by atoms with van der Waals surface area (Å²) in [5.74, 6) is 0. The summed E-state index contributed by atoms with van der Waals surface area (Å²) in [4.78, 5) is 0. The van der Waals surface area contributed by atoms with E-state index in [0.29, 0.717) is 3.63 Å². The summed E-state index contributed by atoms with van der Waals surface area (Å²) in [5, 5.41) is 0. The van der Waals surface area contributed by atoms with Gasteiger partial charge in [0.1, 0.15) is 0 Å². The monoisotopic (exact) mass is 486 g/mol. The van der Waals surface area contributed by atoms with E-state index in [2.05, 4.69) is 95.3 Å². The molecule has 28 heavy (non-hydrogen) atoms. The van der Waals surface area contributed by atoms with E-state index in [-0.39, 0.29) is 30.2 Å². The van der Waals surface area contributed by atoms with Gasteiger partial charge in [-0.3, -0.25) is 0 Å². The summed E-state index contributed by atoms with van der Waals surface area (Å²) < 4.78 is 2.39. The second-order valence-electron chi connectivity index (χ2n) is 8.05. The molecular formula is C25H26Cl2Zr. The SMILES string of the molecule is CC1=C(C)C(C)(C)[C]([Zr+2][CH]2C(c3ccccc3)=Cc3ccccc32)=C1C.[Cl-].[Cl-]. The van der Waals surface area contributed by atoms with Crippen LogP contribution in [0.2, 0.25) is 0 Å². The van der Waals surface area contributed by atoms with Crippen molar-refractivity contribution in [3.8, 4) is 0 Å². The predicted octanol–water partition coefficient (Wildman–Crippen LogP) is 1.02. The first-order valence-corrected chi connectivity index (χ1v) is 12.1. The van der Waals surface area contributed by atoms with E-state index in [0.717, 1.165) is 0 Å². The van der Waals surface area contributed by atoms with Gasteiger partial charge in [0.15, 0.2) is 0 Å². The molecule has 0 aromatic heterocycles. The summed E-state index contributed by atoms with van der Waals surface area (Å²) in [5.41, 5.74) is 10.8. The van der Waals surface area contributed by atoms with E-state index in [4.69, 9.17) is 0 Å². The third kappa shape index (κ3) is 3.79. The molecule has 0 bridgehead atoms. The molecule has 0 aliphatic heterocycles. The van der Waals surface area contributed by atoms with Gasteiger partial charge in [0.05, 0.1) is 0 Å². The van der Waals surface area contributed by atoms with Crippen LogP contribution in [0.25, 0.3) is 11.6 Å². The van der Waals surface area contributed by atoms with Crippen LogP contribution in [0.15, 0.2) is 74.6 Å². The van der Waals surface area contributed by atoms with Crippen molar-refractivity contribution in [1.82, 2.24) is 0 Å². The van der Waals surface area contributed by atoms with Crippen molar-refractivity contribution in [2.24, 2.45) is 5.41 Å². The fraction of sp³-hybridized carbons (Fsp3) is 0.280. The molecule has 2 aromatic rings. The second-order valence-corrected chi connectivity index (χ2v) is 11.4. The fourth-order valence-corrected chi connectivity index (χ4v) is 9.46. The van der Waals surface area contributed by atoms with E-state index < -0.39 is 23.2 Å². The topological polar surface area (TPSA) is 0 Å². The Morgan fingerprint density at radius 3 is 2.00 bits per heavy atom. The Bertz CT molecular complexity index is 965. The Kier molecular flexibility index (Phi) is 7.41. The molecule has 1 atom stereocenters. The molecule has 0 heterocycles. The van der Waals surface area contributed by atoms with E-state index in [1.807, 2.05) is 0 Å². The summed E-state index contributed by atoms with van der Waals surface area (Å²) in [6, 6.07) is 20.0. The van der Waals surface area contributed by atoms with Crippen molar-refractivity contribution < 1.29 is 48.0 Å². The number of rotatable bonds is 3. The molecule has 144 valence electrons. The van der Waals surface area contributed by atoms with Crippen LogP contribution in [0.5, 0.6) is 0 Å². The number of benzene rings is 2. The van der Waals surface area contributed by atoms with Gasteiger partial charge >= 0.3 is 170 Å². The van der Waals surface area contributed by atoms with E-state index >= 15 is 0 Å². The summed E-state index contributed by atoms with van der Waals surface area (Å²) >= 11 is -0.836. The molecule has 2 aromatic carbocycles. The maximum atomic E-state index is 2.45. The fourth-order valence-electron chi connectivity index (χ4n) is 4.39. The minimum Gasteiger partial charge on any atom is -1.00 e. The van der Waals surface area contributed by atoms with Gasteiger partial charge in [-0.1, -0.05) is 0 Å². The van der Waals surface area contributed by atoms with Crippen molar-refractivity contribution in [1.29, 1.82) is 0 Å². The molecule has 2 aliphatic rings. The predicted molar refractivity (Wildman–Crippen MR) is 108 cm³/mol. The molecule has 4 rings (SSSR count). The first kappa shape index (κ1) is 23.4. The number of hydrogen-bond acceptors (Lipinski definition) is 0. The van der Waals surface area contributed by atoms with Crippen molar-refractivity contribution in [3.63, 3.8) is 0 Å². The molecule has 0 N–H and O–H groups in total. The van der Waals surface area contributed by atoms with Gasteiger partial charge < -0.3 is 24.8 Å². The van der Waals surface area contributed by atoms with E-state index in [1.54, 1.807) is 20.0 Å². The second kappa shape index (κ2) is 8.87. The average Bonchev–Trinajstić information content (AvgIpc) is 3.09. The number of hydrogen-bond donors (Lipinski definition) is 0. The van der Waals surface area contributed by atoms with Crippen LogP contribution in [-0.2, 0) is 23.2 Å². The van der Waals surface area contributed by atoms with Gasteiger partial charge in [-0.15, -0.1) is 0 Å². The molecule has 3 heteroatoms. The average molecular weight is 489 g/mol. The number of halogens is 2. The standard InChI is InChI=1S/C15H11.C10H15.2ClH.Zr/c1-2-6-12(7-3-1)15-10-13-8-4-5-9-14(13)11-15;1-7-6-10(4,5)9(3)8(7)2;;;/h1-11H;1-5H3;2*1H;/q;;;;+2/p-2. The molecule has 0 saturated heterocycles. The largest absolute Gasteiger partial charge is 1.00 e. The smallest absolute Gasteiger partial charge is 1.00 e. The van der Waals surface area contributed by atoms with Crippen LogP contribution in [0.1, 0.15) is 54.9 Å². The quantitative estimate of drug-likeness (QED) is 0.606. The Labute approximate surface area is 193 Å². The summed E-state index contributed by atoms with van der Waals surface area (Å²) in [6.07, 6.45) is 2.45. The van der Waals surface area contributed by atoms with Crippen LogP contribution in [-0.4, -0.2) is 0 Å². The Morgan fingerprint density at radius 1 is 0.786 bits per heavy atom. The van der Waals surface area contributed by atoms with Crippen LogP contribution < -0.4 is 24.8 Å². The molecule has 0 spiro atoms. The molecule has 0 saturated carbocycles. The van der Waals surface area contributed by atoms with Crippen molar-refractivity contribution in [3.05, 3.63) is 91.3 Å². The van der Waals surface area contributed by atoms with Gasteiger partial charge in [0.2, 0.25) is 0 Å². The molecule has 0 nitrogen and oxygen atoms in total. The zero-order valence-electron chi connectivity index (χ0n) is 17.1. The maximum absolute atomic E-state index is 2.45. The first-order chi connectivity index (χ1) is 12.4. The van der Waals surface area contributed by atoms with Gasteiger partial charge in [0, 0.05) is 0 Å². The first-order valence-electron chi connectivity index (χ1n) is 9.43. The molecule has 0 amide bonds. The number of allylic oxidation sites excluding steroid dienone is 5. The molecular weight excluding hydrogens is 462 g/mol. The van der Waals surface area contributed by atoms with Crippen molar-refractivity contribution in [2.75, 3.05) is 0 Å². The minimum atomic E-state index is -0.836. The maximum Gasteiger partial charge on any atom is -1.00 e. The van der Waals surface area contributed by atoms with Crippen LogP contribution in [0.4, 0.5) is 0 Å². The molecule has 2 aliphatic carbocycles. The van der Waals surface area contributed by atoms with Crippen LogP contribution in [0.3, 0.4) is 0 Å². The Hall–Kier alpha value is -0.877. The minimum absolute atomic E-state index is 0. The third-order valence-electron chi connectivity index (χ3n) is 6.39. The zero-order chi connectivity index (χ0) is 18.5.